The zero-order valence-corrected chi connectivity index (χ0v) is 16.2. The summed E-state index contributed by atoms with van der Waals surface area (Å²) in [5, 5.41) is 0. The van der Waals surface area contributed by atoms with Gasteiger partial charge in [-0.2, -0.15) is 0 Å². The lowest BCUT2D eigenvalue weighted by molar-refractivity contribution is 0.201. The molecule has 0 spiro atoms. The zero-order valence-electron chi connectivity index (χ0n) is 14.6. The van der Waals surface area contributed by atoms with Gasteiger partial charge in [-0.1, -0.05) is 30.3 Å². The molecule has 0 amide bonds. The molecule has 0 bridgehead atoms. The van der Waals surface area contributed by atoms with Gasteiger partial charge in [-0.15, -0.1) is 0 Å². The Morgan fingerprint density at radius 1 is 1.08 bits per heavy atom. The maximum Gasteiger partial charge on any atom is 0.235 e. The first kappa shape index (κ1) is 17.1. The molecule has 3 aromatic rings. The summed E-state index contributed by atoms with van der Waals surface area (Å²) in [6.07, 6.45) is 0. The van der Waals surface area contributed by atoms with Crippen molar-refractivity contribution in [1.29, 1.82) is 0 Å². The average Bonchev–Trinajstić information content (AvgIpc) is 2.83. The average molecular weight is 387 g/mol. The van der Waals surface area contributed by atoms with Crippen molar-refractivity contribution in [2.45, 2.75) is 46.8 Å². The lowest BCUT2D eigenvalue weighted by Crippen LogP contribution is -2.30. The Morgan fingerprint density at radius 2 is 1.79 bits per heavy atom. The highest BCUT2D eigenvalue weighted by atomic mass is 79.9. The summed E-state index contributed by atoms with van der Waals surface area (Å²) in [4.78, 5) is 11.7. The lowest BCUT2D eigenvalue weighted by atomic mass is 10.2. The monoisotopic (exact) mass is 386 g/mol. The topological polar surface area (TPSA) is 33.4 Å². The Labute approximate surface area is 151 Å². The summed E-state index contributed by atoms with van der Waals surface area (Å²) in [6, 6.07) is 13.1. The third-order valence-corrected chi connectivity index (χ3v) is 5.04. The van der Waals surface area contributed by atoms with Gasteiger partial charge in [0.15, 0.2) is 0 Å². The molecule has 3 rings (SSSR count). The predicted octanol–water partition coefficient (Wildman–Crippen LogP) is 4.52. The fraction of sp³-hybridized carbons (Fsp3) is 0.368. The number of aryl methyl sites for hydroxylation is 2. The third kappa shape index (κ3) is 3.52. The maximum absolute atomic E-state index is 4.76. The molecule has 0 radical (unpaired) electrons. The van der Waals surface area contributed by atoms with Crippen LogP contribution in [-0.4, -0.2) is 25.3 Å². The molecule has 0 saturated heterocycles. The minimum absolute atomic E-state index is 0.428. The first-order valence-electron chi connectivity index (χ1n) is 8.24. The molecule has 1 aromatic carbocycles. The smallest absolute Gasteiger partial charge is 0.235 e. The Kier molecular flexibility index (Phi) is 5.01. The van der Waals surface area contributed by atoms with Crippen molar-refractivity contribution in [3.05, 3.63) is 63.6 Å². The van der Waals surface area contributed by atoms with E-state index in [2.05, 4.69) is 87.4 Å². The number of halogens is 1. The summed E-state index contributed by atoms with van der Waals surface area (Å²) in [6.45, 7) is 10.2. The van der Waals surface area contributed by atoms with Crippen LogP contribution in [0.15, 0.2) is 41.0 Å². The van der Waals surface area contributed by atoms with Crippen LogP contribution in [-0.2, 0) is 13.1 Å². The van der Waals surface area contributed by atoms with E-state index in [1.54, 1.807) is 0 Å². The first-order chi connectivity index (χ1) is 11.5. The maximum atomic E-state index is 4.76. The van der Waals surface area contributed by atoms with Crippen LogP contribution in [0, 0.1) is 13.8 Å². The summed E-state index contributed by atoms with van der Waals surface area (Å²) < 4.78 is 3.07. The van der Waals surface area contributed by atoms with Gasteiger partial charge < -0.3 is 0 Å². The molecule has 0 unspecified atom stereocenters. The molecule has 5 heteroatoms. The number of imidazole rings is 1. The van der Waals surface area contributed by atoms with Gasteiger partial charge in [-0.05, 0) is 55.3 Å². The fourth-order valence-electron chi connectivity index (χ4n) is 2.91. The van der Waals surface area contributed by atoms with E-state index in [0.29, 0.717) is 6.04 Å². The molecule has 0 N–H and O–H groups in total. The SMILES string of the molecule is Cc1cc(C)n2c(Br)c(CN(Cc3ccccc3)C(C)C)nc2n1. The molecular formula is C19H23BrN4. The van der Waals surface area contributed by atoms with Crippen LogP contribution in [0.2, 0.25) is 0 Å². The van der Waals surface area contributed by atoms with E-state index in [1.807, 2.05) is 6.92 Å². The second-order valence-corrected chi connectivity index (χ2v) is 7.26. The number of hydrogen-bond acceptors (Lipinski definition) is 3. The van der Waals surface area contributed by atoms with Crippen molar-refractivity contribution in [1.82, 2.24) is 19.3 Å². The van der Waals surface area contributed by atoms with E-state index >= 15 is 0 Å². The second kappa shape index (κ2) is 7.03. The van der Waals surface area contributed by atoms with Gasteiger partial charge in [0.05, 0.1) is 5.69 Å². The van der Waals surface area contributed by atoms with Crippen LogP contribution in [0.4, 0.5) is 0 Å². The van der Waals surface area contributed by atoms with Crippen molar-refractivity contribution in [2.24, 2.45) is 0 Å². The normalized spacial score (nSPS) is 11.8. The standard InChI is InChI=1S/C19H23BrN4/c1-13(2)23(11-16-8-6-5-7-9-16)12-17-18(20)24-15(4)10-14(3)21-19(24)22-17/h5-10,13H,11-12H2,1-4H3. The van der Waals surface area contributed by atoms with Gasteiger partial charge in [0.1, 0.15) is 4.60 Å². The lowest BCUT2D eigenvalue weighted by Gasteiger charge is -2.25. The molecule has 0 fully saturated rings. The predicted molar refractivity (Wildman–Crippen MR) is 101 cm³/mol. The largest absolute Gasteiger partial charge is 0.291 e. The van der Waals surface area contributed by atoms with Crippen LogP contribution < -0.4 is 0 Å². The van der Waals surface area contributed by atoms with Crippen LogP contribution in [0.3, 0.4) is 0 Å². The molecule has 24 heavy (non-hydrogen) atoms. The molecule has 0 aliphatic heterocycles. The molecule has 0 atom stereocenters. The fourth-order valence-corrected chi connectivity index (χ4v) is 3.56. The molecule has 2 aromatic heterocycles. The molecule has 0 aliphatic rings. The number of aromatic nitrogens is 3. The Morgan fingerprint density at radius 3 is 2.46 bits per heavy atom. The summed E-state index contributed by atoms with van der Waals surface area (Å²) in [7, 11) is 0. The van der Waals surface area contributed by atoms with Crippen LogP contribution in [0.25, 0.3) is 5.78 Å². The highest BCUT2D eigenvalue weighted by Gasteiger charge is 2.18. The van der Waals surface area contributed by atoms with Gasteiger partial charge in [-0.3, -0.25) is 9.30 Å². The Hall–Kier alpha value is -1.72. The van der Waals surface area contributed by atoms with Crippen molar-refractivity contribution in [3.8, 4) is 0 Å². The van der Waals surface area contributed by atoms with Gasteiger partial charge >= 0.3 is 0 Å². The highest BCUT2D eigenvalue weighted by molar-refractivity contribution is 9.10. The Balaban J connectivity index is 1.91. The van der Waals surface area contributed by atoms with Crippen molar-refractivity contribution in [2.75, 3.05) is 0 Å². The minimum atomic E-state index is 0.428. The highest BCUT2D eigenvalue weighted by Crippen LogP contribution is 2.23. The second-order valence-electron chi connectivity index (χ2n) is 6.51. The van der Waals surface area contributed by atoms with E-state index in [1.165, 1.54) is 5.56 Å². The molecule has 0 saturated carbocycles. The van der Waals surface area contributed by atoms with Gasteiger partial charge in [0.2, 0.25) is 5.78 Å². The minimum Gasteiger partial charge on any atom is -0.291 e. The van der Waals surface area contributed by atoms with E-state index in [-0.39, 0.29) is 0 Å². The van der Waals surface area contributed by atoms with E-state index < -0.39 is 0 Å². The number of fused-ring (bicyclic) bond motifs is 1. The van der Waals surface area contributed by atoms with Gasteiger partial charge in [0.25, 0.3) is 0 Å². The third-order valence-electron chi connectivity index (χ3n) is 4.23. The summed E-state index contributed by atoms with van der Waals surface area (Å²) in [5.41, 5.74) is 4.48. The Bertz CT molecular complexity index is 839. The van der Waals surface area contributed by atoms with Crippen molar-refractivity contribution >= 4 is 21.7 Å². The quantitative estimate of drug-likeness (QED) is 0.646. The zero-order chi connectivity index (χ0) is 17.3. The van der Waals surface area contributed by atoms with Crippen molar-refractivity contribution < 1.29 is 0 Å². The number of benzene rings is 1. The van der Waals surface area contributed by atoms with Gasteiger partial charge in [-0.25, -0.2) is 9.97 Å². The summed E-state index contributed by atoms with van der Waals surface area (Å²) in [5.74, 6) is 0.762. The molecule has 4 nitrogen and oxygen atoms in total. The molecule has 0 aliphatic carbocycles. The number of nitrogens with zero attached hydrogens (tertiary/aromatic N) is 4. The van der Waals surface area contributed by atoms with E-state index in [9.17, 15) is 0 Å². The summed E-state index contributed by atoms with van der Waals surface area (Å²) >= 11 is 3.72. The van der Waals surface area contributed by atoms with E-state index in [0.717, 1.165) is 40.6 Å². The number of hydrogen-bond donors (Lipinski definition) is 0. The van der Waals surface area contributed by atoms with E-state index in [4.69, 9.17) is 4.98 Å². The van der Waals surface area contributed by atoms with Crippen LogP contribution >= 0.6 is 15.9 Å². The molecule has 2 heterocycles. The van der Waals surface area contributed by atoms with Crippen LogP contribution in [0.5, 0.6) is 0 Å². The molecule has 126 valence electrons. The molecular weight excluding hydrogens is 364 g/mol. The number of rotatable bonds is 5. The van der Waals surface area contributed by atoms with Crippen LogP contribution in [0.1, 0.15) is 36.5 Å². The van der Waals surface area contributed by atoms with Gasteiger partial charge in [0, 0.05) is 30.5 Å². The van der Waals surface area contributed by atoms with Crippen molar-refractivity contribution in [3.63, 3.8) is 0 Å². The first-order valence-corrected chi connectivity index (χ1v) is 9.04.